The van der Waals surface area contributed by atoms with Crippen LogP contribution in [0, 0.1) is 17.8 Å². The number of carbonyl (C=O) groups excluding carboxylic acids is 1. The number of aliphatic imine (C=N–C) groups is 1. The van der Waals surface area contributed by atoms with Gasteiger partial charge < -0.3 is 5.32 Å². The van der Waals surface area contributed by atoms with E-state index in [4.69, 9.17) is 0 Å². The lowest BCUT2D eigenvalue weighted by atomic mass is 10.0. The minimum atomic E-state index is -3.64. The van der Waals surface area contributed by atoms with Gasteiger partial charge in [0, 0.05) is 11.1 Å². The second-order valence-electron chi connectivity index (χ2n) is 6.65. The molecule has 7 heteroatoms. The lowest BCUT2D eigenvalue weighted by Gasteiger charge is -2.16. The molecule has 1 atom stereocenters. The first-order valence-corrected chi connectivity index (χ1v) is 10.4. The molecule has 0 fully saturated rings. The van der Waals surface area contributed by atoms with Crippen molar-refractivity contribution in [1.29, 1.82) is 0 Å². The van der Waals surface area contributed by atoms with E-state index in [9.17, 15) is 13.2 Å². The molecule has 0 radical (unpaired) electrons. The van der Waals surface area contributed by atoms with Crippen LogP contribution in [0.3, 0.4) is 0 Å². The molecule has 6 nitrogen and oxygen atoms in total. The largest absolute Gasteiger partial charge is 0.343 e. The number of amidine groups is 1. The van der Waals surface area contributed by atoms with Crippen LogP contribution < -0.4 is 10.0 Å². The van der Waals surface area contributed by atoms with Crippen LogP contribution in [-0.4, -0.2) is 32.7 Å². The Morgan fingerprint density at radius 3 is 2.50 bits per heavy atom. The first-order chi connectivity index (χ1) is 13.4. The van der Waals surface area contributed by atoms with E-state index >= 15 is 0 Å². The molecule has 0 bridgehead atoms. The van der Waals surface area contributed by atoms with Gasteiger partial charge in [0.25, 0.3) is 10.0 Å². The number of nitrogens with zero attached hydrogens (tertiary/aromatic N) is 1. The summed E-state index contributed by atoms with van der Waals surface area (Å²) in [5.41, 5.74) is 1.35. The lowest BCUT2D eigenvalue weighted by molar-refractivity contribution is -0.122. The van der Waals surface area contributed by atoms with Crippen LogP contribution in [-0.2, 0) is 14.8 Å². The Morgan fingerprint density at radius 2 is 1.79 bits per heavy atom. The summed E-state index contributed by atoms with van der Waals surface area (Å²) in [6.07, 6.45) is 0. The van der Waals surface area contributed by atoms with Crippen LogP contribution in [0.5, 0.6) is 0 Å². The van der Waals surface area contributed by atoms with Crippen LogP contribution in [0.4, 0.5) is 0 Å². The standard InChI is InChI=1S/C21H21N3O3S/c1-15(2)19(21(25)22-14-8-11-16-9-4-3-5-10-16)23-20-17-12-6-7-13-18(17)28(26,27)24-20/h3-7,9-10,12-13,15,19H,14H2,1-2H3,(H,22,25)(H,23,24)/t19-/m0/s1. The van der Waals surface area contributed by atoms with Crippen molar-refractivity contribution in [2.75, 3.05) is 6.54 Å². The molecule has 0 unspecified atom stereocenters. The maximum Gasteiger partial charge on any atom is 0.263 e. The van der Waals surface area contributed by atoms with Gasteiger partial charge in [-0.25, -0.2) is 8.42 Å². The molecule has 1 amide bonds. The zero-order chi connectivity index (χ0) is 20.1. The molecular weight excluding hydrogens is 374 g/mol. The third-order valence-electron chi connectivity index (χ3n) is 4.19. The number of nitrogens with one attached hydrogen (secondary N) is 2. The minimum absolute atomic E-state index is 0.119. The summed E-state index contributed by atoms with van der Waals surface area (Å²) in [5, 5.41) is 2.76. The van der Waals surface area contributed by atoms with Crippen molar-refractivity contribution >= 4 is 21.8 Å². The van der Waals surface area contributed by atoms with Crippen LogP contribution in [0.15, 0.2) is 64.5 Å². The number of hydrogen-bond donors (Lipinski definition) is 2. The van der Waals surface area contributed by atoms with Crippen molar-refractivity contribution in [2.24, 2.45) is 10.9 Å². The fourth-order valence-corrected chi connectivity index (χ4v) is 4.02. The topological polar surface area (TPSA) is 87.6 Å². The summed E-state index contributed by atoms with van der Waals surface area (Å²) in [6, 6.07) is 15.3. The van der Waals surface area contributed by atoms with E-state index in [-0.39, 0.29) is 29.1 Å². The summed E-state index contributed by atoms with van der Waals surface area (Å²) < 4.78 is 26.9. The van der Waals surface area contributed by atoms with Gasteiger partial charge in [-0.15, -0.1) is 0 Å². The van der Waals surface area contributed by atoms with Gasteiger partial charge in [0.2, 0.25) is 5.91 Å². The number of hydrogen-bond acceptors (Lipinski definition) is 4. The molecule has 0 saturated heterocycles. The maximum absolute atomic E-state index is 12.6. The van der Waals surface area contributed by atoms with E-state index in [2.05, 4.69) is 26.9 Å². The highest BCUT2D eigenvalue weighted by Crippen LogP contribution is 2.23. The van der Waals surface area contributed by atoms with Gasteiger partial charge in [0.05, 0.1) is 11.4 Å². The van der Waals surface area contributed by atoms with Crippen molar-refractivity contribution in [3.63, 3.8) is 0 Å². The maximum atomic E-state index is 12.6. The van der Waals surface area contributed by atoms with Gasteiger partial charge in [0.15, 0.2) is 0 Å². The highest BCUT2D eigenvalue weighted by atomic mass is 32.2. The van der Waals surface area contributed by atoms with Crippen LogP contribution in [0.2, 0.25) is 0 Å². The molecule has 1 aliphatic rings. The average Bonchev–Trinajstić information content (AvgIpc) is 2.94. The van der Waals surface area contributed by atoms with Gasteiger partial charge in [-0.2, -0.15) is 0 Å². The monoisotopic (exact) mass is 395 g/mol. The summed E-state index contributed by atoms with van der Waals surface area (Å²) in [7, 11) is -3.64. The second-order valence-corrected chi connectivity index (χ2v) is 8.30. The highest BCUT2D eigenvalue weighted by molar-refractivity contribution is 7.90. The molecule has 0 spiro atoms. The second kappa shape index (κ2) is 8.28. The van der Waals surface area contributed by atoms with E-state index in [1.165, 1.54) is 6.07 Å². The molecule has 28 heavy (non-hydrogen) atoms. The fraction of sp³-hybridized carbons (Fsp3) is 0.238. The van der Waals surface area contributed by atoms with E-state index < -0.39 is 16.1 Å². The summed E-state index contributed by atoms with van der Waals surface area (Å²) in [5.74, 6) is 5.66. The predicted molar refractivity (Wildman–Crippen MR) is 108 cm³/mol. The first-order valence-electron chi connectivity index (χ1n) is 8.90. The van der Waals surface area contributed by atoms with E-state index in [0.717, 1.165) is 5.56 Å². The Labute approximate surface area is 165 Å². The van der Waals surface area contributed by atoms with E-state index in [1.807, 2.05) is 44.2 Å². The normalized spacial score (nSPS) is 16.6. The van der Waals surface area contributed by atoms with Crippen molar-refractivity contribution in [1.82, 2.24) is 10.0 Å². The summed E-state index contributed by atoms with van der Waals surface area (Å²) in [4.78, 5) is 17.2. The molecule has 2 aromatic rings. The Morgan fingerprint density at radius 1 is 1.11 bits per heavy atom. The molecule has 144 valence electrons. The summed E-state index contributed by atoms with van der Waals surface area (Å²) >= 11 is 0. The van der Waals surface area contributed by atoms with Gasteiger partial charge in [-0.1, -0.05) is 56.0 Å². The number of benzene rings is 2. The first kappa shape index (κ1) is 19.6. The van der Waals surface area contributed by atoms with E-state index in [1.54, 1.807) is 18.2 Å². The molecule has 0 aromatic heterocycles. The number of carbonyl (C=O) groups is 1. The quantitative estimate of drug-likeness (QED) is 0.776. The SMILES string of the molecule is CC(C)[C@H](N=C1NS(=O)(=O)c2ccccc21)C(=O)NCC#Cc1ccccc1. The lowest BCUT2D eigenvalue weighted by Crippen LogP contribution is -2.38. The summed E-state index contributed by atoms with van der Waals surface area (Å²) in [6.45, 7) is 3.91. The molecule has 2 aromatic carbocycles. The minimum Gasteiger partial charge on any atom is -0.343 e. The van der Waals surface area contributed by atoms with Crippen molar-refractivity contribution in [2.45, 2.75) is 24.8 Å². The molecule has 1 heterocycles. The Kier molecular flexibility index (Phi) is 5.81. The zero-order valence-corrected chi connectivity index (χ0v) is 16.5. The third-order valence-corrected chi connectivity index (χ3v) is 5.59. The van der Waals surface area contributed by atoms with Crippen molar-refractivity contribution in [3.05, 3.63) is 65.7 Å². The Bertz CT molecular complexity index is 1060. The molecule has 0 saturated carbocycles. The van der Waals surface area contributed by atoms with Crippen molar-refractivity contribution in [3.8, 4) is 11.8 Å². The third kappa shape index (κ3) is 4.41. The smallest absolute Gasteiger partial charge is 0.263 e. The van der Waals surface area contributed by atoms with Crippen LogP contribution in [0.25, 0.3) is 0 Å². The van der Waals surface area contributed by atoms with Crippen molar-refractivity contribution < 1.29 is 13.2 Å². The number of fused-ring (bicyclic) bond motifs is 1. The Hall–Kier alpha value is -3.11. The molecule has 2 N–H and O–H groups in total. The van der Waals surface area contributed by atoms with Gasteiger partial charge in [-0.05, 0) is 30.2 Å². The average molecular weight is 395 g/mol. The highest BCUT2D eigenvalue weighted by Gasteiger charge is 2.32. The van der Waals surface area contributed by atoms with Crippen LogP contribution in [0.1, 0.15) is 25.0 Å². The predicted octanol–water partition coefficient (Wildman–Crippen LogP) is 1.92. The number of amides is 1. The zero-order valence-electron chi connectivity index (χ0n) is 15.6. The molecule has 1 aliphatic heterocycles. The fourth-order valence-electron chi connectivity index (χ4n) is 2.78. The number of rotatable bonds is 4. The van der Waals surface area contributed by atoms with Gasteiger partial charge >= 0.3 is 0 Å². The molecule has 0 aliphatic carbocycles. The molecular formula is C21H21N3O3S. The van der Waals surface area contributed by atoms with Gasteiger partial charge in [0.1, 0.15) is 11.9 Å². The van der Waals surface area contributed by atoms with Crippen LogP contribution >= 0.6 is 0 Å². The van der Waals surface area contributed by atoms with Gasteiger partial charge in [-0.3, -0.25) is 14.5 Å². The Balaban J connectivity index is 1.75. The molecule has 3 rings (SSSR count). The number of sulfonamides is 1. The van der Waals surface area contributed by atoms with E-state index in [0.29, 0.717) is 5.56 Å².